The van der Waals surface area contributed by atoms with E-state index < -0.39 is 0 Å². The van der Waals surface area contributed by atoms with Gasteiger partial charge in [0.2, 0.25) is 0 Å². The van der Waals surface area contributed by atoms with Crippen molar-refractivity contribution in [1.82, 2.24) is 0 Å². The molecule has 1 heterocycles. The van der Waals surface area contributed by atoms with Crippen molar-refractivity contribution in [2.45, 2.75) is 32.2 Å². The van der Waals surface area contributed by atoms with Gasteiger partial charge in [0.25, 0.3) is 0 Å². The molecule has 0 spiro atoms. The molecule has 0 amide bonds. The van der Waals surface area contributed by atoms with Gasteiger partial charge in [-0.2, -0.15) is 0 Å². The Morgan fingerprint density at radius 2 is 1.95 bits per heavy atom. The lowest BCUT2D eigenvalue weighted by Crippen LogP contribution is -2.18. The highest BCUT2D eigenvalue weighted by Crippen LogP contribution is 2.35. The molecule has 3 rings (SSSR count). The lowest BCUT2D eigenvalue weighted by atomic mass is 10.1. The van der Waals surface area contributed by atoms with Crippen molar-refractivity contribution in [3.05, 3.63) is 53.6 Å². The van der Waals surface area contributed by atoms with Crippen LogP contribution in [0.25, 0.3) is 0 Å². The second kappa shape index (κ2) is 5.78. The molecule has 3 nitrogen and oxygen atoms in total. The summed E-state index contributed by atoms with van der Waals surface area (Å²) in [5.41, 5.74) is 10.3. The molecule has 0 aromatic heterocycles. The zero-order valence-corrected chi connectivity index (χ0v) is 12.4. The van der Waals surface area contributed by atoms with Gasteiger partial charge in [-0.15, -0.1) is 0 Å². The number of nitrogens with zero attached hydrogens (tertiary/aromatic N) is 1. The van der Waals surface area contributed by atoms with E-state index in [4.69, 9.17) is 5.73 Å². The quantitative estimate of drug-likeness (QED) is 0.878. The average Bonchev–Trinajstić information content (AvgIpc) is 2.69. The normalized spacial score (nSPS) is 16.2. The Bertz CT molecular complexity index is 637. The van der Waals surface area contributed by atoms with E-state index in [-0.39, 0.29) is 11.8 Å². The number of rotatable bonds is 2. The number of para-hydroxylation sites is 1. The second-order valence-electron chi connectivity index (χ2n) is 5.77. The van der Waals surface area contributed by atoms with Gasteiger partial charge >= 0.3 is 0 Å². The maximum Gasteiger partial charge on any atom is 0.122 e. The molecule has 21 heavy (non-hydrogen) atoms. The number of nitrogens with two attached hydrogens (primary N) is 1. The van der Waals surface area contributed by atoms with Gasteiger partial charge in [0.1, 0.15) is 5.75 Å². The summed E-state index contributed by atoms with van der Waals surface area (Å²) in [7, 11) is 0. The Morgan fingerprint density at radius 1 is 1.14 bits per heavy atom. The standard InChI is InChI=1S/C18H22N2O/c1-13(19)16-10-9-15(12-18(16)21)20-11-5-4-7-14-6-2-3-8-17(14)20/h2-3,6,8-10,12-13,21H,4-5,7,11,19H2,1H3. The van der Waals surface area contributed by atoms with E-state index in [1.807, 2.05) is 19.1 Å². The molecule has 3 heteroatoms. The number of phenolic OH excluding ortho intramolecular Hbond substituents is 1. The zero-order valence-electron chi connectivity index (χ0n) is 12.4. The number of phenols is 1. The van der Waals surface area contributed by atoms with Crippen LogP contribution in [0.5, 0.6) is 5.75 Å². The van der Waals surface area contributed by atoms with E-state index in [1.54, 1.807) is 0 Å². The summed E-state index contributed by atoms with van der Waals surface area (Å²) in [4.78, 5) is 2.30. The first-order chi connectivity index (χ1) is 10.2. The average molecular weight is 282 g/mol. The molecule has 110 valence electrons. The molecule has 3 N–H and O–H groups in total. The van der Waals surface area contributed by atoms with Gasteiger partial charge < -0.3 is 15.7 Å². The lowest BCUT2D eigenvalue weighted by molar-refractivity contribution is 0.464. The third-order valence-corrected chi connectivity index (χ3v) is 4.18. The monoisotopic (exact) mass is 282 g/mol. The van der Waals surface area contributed by atoms with E-state index in [0.717, 1.165) is 30.6 Å². The summed E-state index contributed by atoms with van der Waals surface area (Å²) in [6.45, 7) is 2.87. The van der Waals surface area contributed by atoms with Crippen LogP contribution in [0.15, 0.2) is 42.5 Å². The maximum atomic E-state index is 10.2. The maximum absolute atomic E-state index is 10.2. The summed E-state index contributed by atoms with van der Waals surface area (Å²) in [5, 5.41) is 10.2. The fourth-order valence-electron chi connectivity index (χ4n) is 3.04. The minimum atomic E-state index is -0.157. The summed E-state index contributed by atoms with van der Waals surface area (Å²) in [6, 6.07) is 14.2. The van der Waals surface area contributed by atoms with Gasteiger partial charge in [-0.1, -0.05) is 24.3 Å². The van der Waals surface area contributed by atoms with E-state index in [2.05, 4.69) is 35.2 Å². The molecule has 0 saturated carbocycles. The minimum absolute atomic E-state index is 0.157. The highest BCUT2D eigenvalue weighted by atomic mass is 16.3. The number of hydrogen-bond donors (Lipinski definition) is 2. The van der Waals surface area contributed by atoms with Crippen molar-refractivity contribution in [3.63, 3.8) is 0 Å². The number of hydrogen-bond acceptors (Lipinski definition) is 3. The molecule has 0 fully saturated rings. The van der Waals surface area contributed by atoms with Crippen molar-refractivity contribution in [2.75, 3.05) is 11.4 Å². The first-order valence-corrected chi connectivity index (χ1v) is 7.61. The fourth-order valence-corrected chi connectivity index (χ4v) is 3.04. The molecule has 0 saturated heterocycles. The van der Waals surface area contributed by atoms with Crippen LogP contribution in [-0.2, 0) is 6.42 Å². The van der Waals surface area contributed by atoms with Gasteiger partial charge in [0, 0.05) is 35.6 Å². The molecule has 2 aromatic rings. The first kappa shape index (κ1) is 14.0. The number of anilines is 2. The van der Waals surface area contributed by atoms with E-state index in [0.29, 0.717) is 0 Å². The molecule has 1 aliphatic heterocycles. The van der Waals surface area contributed by atoms with E-state index >= 15 is 0 Å². The van der Waals surface area contributed by atoms with Crippen molar-refractivity contribution < 1.29 is 5.11 Å². The van der Waals surface area contributed by atoms with Crippen LogP contribution in [0, 0.1) is 0 Å². The Balaban J connectivity index is 2.02. The molecule has 1 unspecified atom stereocenters. The topological polar surface area (TPSA) is 49.5 Å². The van der Waals surface area contributed by atoms with Gasteiger partial charge in [-0.3, -0.25) is 0 Å². The first-order valence-electron chi connectivity index (χ1n) is 7.61. The van der Waals surface area contributed by atoms with Gasteiger partial charge in [-0.25, -0.2) is 0 Å². The van der Waals surface area contributed by atoms with Crippen LogP contribution in [0.2, 0.25) is 0 Å². The Morgan fingerprint density at radius 3 is 2.71 bits per heavy atom. The molecule has 1 aliphatic rings. The van der Waals surface area contributed by atoms with Crippen LogP contribution < -0.4 is 10.6 Å². The predicted octanol–water partition coefficient (Wildman–Crippen LogP) is 3.89. The Kier molecular flexibility index (Phi) is 3.84. The summed E-state index contributed by atoms with van der Waals surface area (Å²) < 4.78 is 0. The SMILES string of the molecule is CC(N)c1ccc(N2CCCCc3ccccc32)cc1O. The second-order valence-corrected chi connectivity index (χ2v) is 5.77. The van der Waals surface area contributed by atoms with Crippen molar-refractivity contribution >= 4 is 11.4 Å². The fraction of sp³-hybridized carbons (Fsp3) is 0.333. The van der Waals surface area contributed by atoms with Crippen LogP contribution in [0.1, 0.15) is 36.9 Å². The number of fused-ring (bicyclic) bond motifs is 1. The molecular weight excluding hydrogens is 260 g/mol. The third kappa shape index (κ3) is 2.74. The summed E-state index contributed by atoms with van der Waals surface area (Å²) in [6.07, 6.45) is 3.48. The smallest absolute Gasteiger partial charge is 0.122 e. The summed E-state index contributed by atoms with van der Waals surface area (Å²) >= 11 is 0. The van der Waals surface area contributed by atoms with Gasteiger partial charge in [-0.05, 0) is 43.9 Å². The van der Waals surface area contributed by atoms with Crippen LogP contribution in [0.4, 0.5) is 11.4 Å². The van der Waals surface area contributed by atoms with Crippen LogP contribution in [0.3, 0.4) is 0 Å². The molecule has 1 atom stereocenters. The number of benzene rings is 2. The van der Waals surface area contributed by atoms with Gasteiger partial charge in [0.15, 0.2) is 0 Å². The Hall–Kier alpha value is -2.00. The summed E-state index contributed by atoms with van der Waals surface area (Å²) in [5.74, 6) is 0.282. The molecule has 0 radical (unpaired) electrons. The molecule has 0 bridgehead atoms. The zero-order chi connectivity index (χ0) is 14.8. The van der Waals surface area contributed by atoms with Crippen LogP contribution >= 0.6 is 0 Å². The largest absolute Gasteiger partial charge is 0.508 e. The molecule has 2 aromatic carbocycles. The Labute approximate surface area is 126 Å². The van der Waals surface area contributed by atoms with E-state index in [9.17, 15) is 5.11 Å². The highest BCUT2D eigenvalue weighted by molar-refractivity contribution is 5.68. The predicted molar refractivity (Wildman–Crippen MR) is 87.1 cm³/mol. The molecular formula is C18H22N2O. The van der Waals surface area contributed by atoms with Crippen molar-refractivity contribution in [3.8, 4) is 5.75 Å². The molecule has 0 aliphatic carbocycles. The number of aryl methyl sites for hydroxylation is 1. The minimum Gasteiger partial charge on any atom is -0.508 e. The van der Waals surface area contributed by atoms with E-state index in [1.165, 1.54) is 17.7 Å². The van der Waals surface area contributed by atoms with Crippen LogP contribution in [-0.4, -0.2) is 11.7 Å². The van der Waals surface area contributed by atoms with Crippen molar-refractivity contribution in [2.24, 2.45) is 5.73 Å². The highest BCUT2D eigenvalue weighted by Gasteiger charge is 2.17. The van der Waals surface area contributed by atoms with Crippen molar-refractivity contribution in [1.29, 1.82) is 0 Å². The third-order valence-electron chi connectivity index (χ3n) is 4.18. The lowest BCUT2D eigenvalue weighted by Gasteiger charge is -2.26. The van der Waals surface area contributed by atoms with Gasteiger partial charge in [0.05, 0.1) is 0 Å². The number of aromatic hydroxyl groups is 1.